The lowest BCUT2D eigenvalue weighted by atomic mass is 10.2. The number of urea groups is 1. The molecule has 2 amide bonds. The van der Waals surface area contributed by atoms with Crippen LogP contribution >= 0.6 is 28.5 Å². The Kier molecular flexibility index (Phi) is 5.66. The largest absolute Gasteiger partial charge is 0.462 e. The van der Waals surface area contributed by atoms with E-state index in [2.05, 4.69) is 5.32 Å². The van der Waals surface area contributed by atoms with Gasteiger partial charge in [0.2, 0.25) is 0 Å². The quantitative estimate of drug-likeness (QED) is 0.655. The molecule has 0 unspecified atom stereocenters. The van der Waals surface area contributed by atoms with Crippen LogP contribution in [0.25, 0.3) is 0 Å². The number of carbonyl (C=O) groups excluding carboxylic acids is 2. The van der Waals surface area contributed by atoms with Gasteiger partial charge in [-0.2, -0.15) is 0 Å². The number of hydrogen-bond donors (Lipinski definition) is 2. The number of esters is 1. The highest BCUT2D eigenvalue weighted by Gasteiger charge is 2.17. The summed E-state index contributed by atoms with van der Waals surface area (Å²) in [4.78, 5) is 22.7. The van der Waals surface area contributed by atoms with Crippen molar-refractivity contribution in [3.05, 3.63) is 29.8 Å². The first-order valence-electron chi connectivity index (χ1n) is 5.17. The van der Waals surface area contributed by atoms with Gasteiger partial charge in [-0.25, -0.2) is 9.59 Å². The van der Waals surface area contributed by atoms with Crippen LogP contribution in [0.15, 0.2) is 24.3 Å². The van der Waals surface area contributed by atoms with Gasteiger partial charge < -0.3 is 10.1 Å². The van der Waals surface area contributed by atoms with Crippen molar-refractivity contribution in [2.75, 3.05) is 11.9 Å². The van der Waals surface area contributed by atoms with E-state index in [1.54, 1.807) is 6.92 Å². The molecule has 0 saturated carbocycles. The van der Waals surface area contributed by atoms with Crippen molar-refractivity contribution in [1.82, 2.24) is 5.09 Å². The summed E-state index contributed by atoms with van der Waals surface area (Å²) in [5.74, 6) is -4.14. The van der Waals surface area contributed by atoms with Crippen molar-refractivity contribution < 1.29 is 18.9 Å². The zero-order valence-corrected chi connectivity index (χ0v) is 12.3. The molecule has 0 fully saturated rings. The summed E-state index contributed by atoms with van der Waals surface area (Å²) in [6, 6.07) is 5.12. The van der Waals surface area contributed by atoms with Crippen LogP contribution in [0.5, 0.6) is 0 Å². The van der Waals surface area contributed by atoms with E-state index in [1.807, 2.05) is 5.09 Å². The van der Waals surface area contributed by atoms with E-state index in [0.29, 0.717) is 11.3 Å². The van der Waals surface area contributed by atoms with Crippen molar-refractivity contribution in [2.45, 2.75) is 6.92 Å². The molecular weight excluding hydrogens is 314 g/mol. The summed E-state index contributed by atoms with van der Waals surface area (Å²) in [5.41, 5.74) is 0.737. The van der Waals surface area contributed by atoms with Crippen LogP contribution < -0.4 is 10.4 Å². The Morgan fingerprint density at radius 2 is 1.84 bits per heavy atom. The van der Waals surface area contributed by atoms with E-state index < -0.39 is 18.0 Å². The highest BCUT2D eigenvalue weighted by Crippen LogP contribution is 2.51. The summed E-state index contributed by atoms with van der Waals surface area (Å²) >= 11 is 10.4. The SMILES string of the molecule is CCOC(=O)c1ccc(NC(=O)NP(=O)(Cl)Cl)cc1. The second-order valence-corrected chi connectivity index (χ2v) is 7.85. The maximum Gasteiger partial charge on any atom is 0.346 e. The Morgan fingerprint density at radius 3 is 2.32 bits per heavy atom. The molecule has 2 N–H and O–H groups in total. The monoisotopic (exact) mass is 324 g/mol. The van der Waals surface area contributed by atoms with Gasteiger partial charge >= 0.3 is 18.0 Å². The van der Waals surface area contributed by atoms with E-state index in [1.165, 1.54) is 24.3 Å². The summed E-state index contributed by atoms with van der Waals surface area (Å²) in [6.45, 7) is 1.98. The first-order chi connectivity index (χ1) is 8.81. The Morgan fingerprint density at radius 1 is 1.26 bits per heavy atom. The first-order valence-corrected chi connectivity index (χ1v) is 8.69. The fourth-order valence-corrected chi connectivity index (χ4v) is 1.93. The fourth-order valence-electron chi connectivity index (χ4n) is 1.18. The number of amides is 2. The summed E-state index contributed by atoms with van der Waals surface area (Å²) in [7, 11) is 0. The molecule has 0 aromatic heterocycles. The molecule has 0 atom stereocenters. The first kappa shape index (κ1) is 15.8. The van der Waals surface area contributed by atoms with Crippen LogP contribution in [0.2, 0.25) is 0 Å². The molecule has 6 nitrogen and oxygen atoms in total. The van der Waals surface area contributed by atoms with E-state index >= 15 is 0 Å². The topological polar surface area (TPSA) is 84.5 Å². The second-order valence-electron chi connectivity index (χ2n) is 3.33. The normalized spacial score (nSPS) is 10.7. The zero-order valence-electron chi connectivity index (χ0n) is 9.85. The van der Waals surface area contributed by atoms with Gasteiger partial charge in [0.1, 0.15) is 0 Å². The van der Waals surface area contributed by atoms with Crippen LogP contribution in [-0.2, 0) is 9.30 Å². The average molecular weight is 325 g/mol. The lowest BCUT2D eigenvalue weighted by Gasteiger charge is -2.08. The van der Waals surface area contributed by atoms with Gasteiger partial charge in [-0.15, -0.1) is 0 Å². The number of benzene rings is 1. The fraction of sp³-hybridized carbons (Fsp3) is 0.200. The van der Waals surface area contributed by atoms with Gasteiger partial charge in [0.25, 0.3) is 0 Å². The number of ether oxygens (including phenoxy) is 1. The van der Waals surface area contributed by atoms with Crippen LogP contribution in [0.3, 0.4) is 0 Å². The van der Waals surface area contributed by atoms with E-state index in [9.17, 15) is 14.2 Å². The Hall–Kier alpha value is -1.23. The highest BCUT2D eigenvalue weighted by molar-refractivity contribution is 8.07. The van der Waals surface area contributed by atoms with Crippen molar-refractivity contribution in [3.63, 3.8) is 0 Å². The molecule has 0 radical (unpaired) electrons. The molecule has 0 saturated heterocycles. The predicted molar refractivity (Wildman–Crippen MR) is 73.9 cm³/mol. The lowest BCUT2D eigenvalue weighted by molar-refractivity contribution is 0.0526. The predicted octanol–water partition coefficient (Wildman–Crippen LogP) is 3.57. The van der Waals surface area contributed by atoms with Crippen LogP contribution in [0.4, 0.5) is 10.5 Å². The molecule has 0 bridgehead atoms. The summed E-state index contributed by atoms with van der Waals surface area (Å²) in [5, 5.41) is 4.22. The van der Waals surface area contributed by atoms with Gasteiger partial charge in [-0.1, -0.05) is 0 Å². The third-order valence-corrected chi connectivity index (χ3v) is 2.86. The van der Waals surface area contributed by atoms with Crippen molar-refractivity contribution in [3.8, 4) is 0 Å². The van der Waals surface area contributed by atoms with Crippen molar-refractivity contribution in [2.24, 2.45) is 0 Å². The number of carbonyl (C=O) groups is 2. The van der Waals surface area contributed by atoms with Gasteiger partial charge in [0.15, 0.2) is 0 Å². The minimum atomic E-state index is -3.68. The molecule has 0 spiro atoms. The van der Waals surface area contributed by atoms with E-state index in [0.717, 1.165) is 0 Å². The summed E-state index contributed by atoms with van der Waals surface area (Å²) < 4.78 is 15.7. The van der Waals surface area contributed by atoms with Gasteiger partial charge in [0, 0.05) is 5.69 Å². The van der Waals surface area contributed by atoms with Crippen LogP contribution in [0.1, 0.15) is 17.3 Å². The minimum Gasteiger partial charge on any atom is -0.462 e. The van der Waals surface area contributed by atoms with Crippen LogP contribution in [0, 0.1) is 0 Å². The molecule has 0 aliphatic rings. The number of hydrogen-bond acceptors (Lipinski definition) is 4. The molecule has 0 aliphatic heterocycles. The molecule has 1 aromatic rings. The lowest BCUT2D eigenvalue weighted by Crippen LogP contribution is -2.23. The highest BCUT2D eigenvalue weighted by atomic mass is 35.9. The maximum absolute atomic E-state index is 11.4. The second kappa shape index (κ2) is 6.80. The standard InChI is InChI=1S/C10H11Cl2N2O4P/c1-2-18-9(15)7-3-5-8(6-4-7)13-10(16)14-19(11,12)17/h3-6H,2H2,1H3,(H2,13,14,16,17). The molecule has 1 aromatic carbocycles. The third kappa shape index (κ3) is 5.96. The number of anilines is 1. The molecule has 104 valence electrons. The Balaban J connectivity index is 2.65. The number of halogens is 2. The number of nitrogens with one attached hydrogen (secondary N) is 2. The van der Waals surface area contributed by atoms with Gasteiger partial charge in [-0.3, -0.25) is 9.65 Å². The zero-order chi connectivity index (χ0) is 14.5. The molecule has 9 heteroatoms. The molecule has 0 heterocycles. The molecular formula is C10H11Cl2N2O4P. The Labute approximate surface area is 119 Å². The average Bonchev–Trinajstić information content (AvgIpc) is 2.27. The van der Waals surface area contributed by atoms with Crippen molar-refractivity contribution in [1.29, 1.82) is 0 Å². The third-order valence-electron chi connectivity index (χ3n) is 1.89. The summed E-state index contributed by atoms with van der Waals surface area (Å²) in [6.07, 6.45) is 0. The number of rotatable bonds is 4. The van der Waals surface area contributed by atoms with Gasteiger partial charge in [0.05, 0.1) is 12.2 Å². The molecule has 1 rings (SSSR count). The Bertz CT molecular complexity index is 515. The molecule has 0 aliphatic carbocycles. The molecule has 19 heavy (non-hydrogen) atoms. The smallest absolute Gasteiger partial charge is 0.346 e. The van der Waals surface area contributed by atoms with Crippen molar-refractivity contribution >= 4 is 46.2 Å². The maximum atomic E-state index is 11.4. The van der Waals surface area contributed by atoms with E-state index in [-0.39, 0.29) is 6.61 Å². The van der Waals surface area contributed by atoms with Crippen LogP contribution in [-0.4, -0.2) is 18.6 Å². The minimum absolute atomic E-state index is 0.280. The van der Waals surface area contributed by atoms with Gasteiger partial charge in [-0.05, 0) is 53.7 Å². The van der Waals surface area contributed by atoms with E-state index in [4.69, 9.17) is 27.2 Å².